The van der Waals surface area contributed by atoms with Crippen LogP contribution in [0.25, 0.3) is 0 Å². The summed E-state index contributed by atoms with van der Waals surface area (Å²) in [5, 5.41) is 2.68. The minimum atomic E-state index is -3.91. The third kappa shape index (κ3) is 2.58. The van der Waals surface area contributed by atoms with Crippen molar-refractivity contribution in [2.45, 2.75) is 10.8 Å². The smallest absolute Gasteiger partial charge is 0.266 e. The molecule has 0 spiro atoms. The maximum absolute atomic E-state index is 12.6. The van der Waals surface area contributed by atoms with Crippen LogP contribution in [0, 0.1) is 0 Å². The van der Waals surface area contributed by atoms with Crippen LogP contribution in [0.3, 0.4) is 0 Å². The summed E-state index contributed by atoms with van der Waals surface area (Å²) in [5.74, 6) is -2.52. The lowest BCUT2D eigenvalue weighted by Gasteiger charge is -2.30. The number of rotatable bonds is 2. The molecule has 1 aliphatic rings. The van der Waals surface area contributed by atoms with Crippen LogP contribution in [0.2, 0.25) is 0 Å². The van der Waals surface area contributed by atoms with Gasteiger partial charge in [0.1, 0.15) is 13.8 Å². The van der Waals surface area contributed by atoms with E-state index >= 15 is 0 Å². The summed E-state index contributed by atoms with van der Waals surface area (Å²) in [6.45, 7) is 0. The van der Waals surface area contributed by atoms with Crippen molar-refractivity contribution in [3.8, 4) is 0 Å². The van der Waals surface area contributed by atoms with Gasteiger partial charge in [0.15, 0.2) is 0 Å². The van der Waals surface area contributed by atoms with E-state index in [2.05, 4.69) is 5.32 Å². The minimum absolute atomic E-state index is 0.0174. The number of hydrogen-bond acceptors (Lipinski definition) is 4. The number of carbonyl (C=O) groups is 2. The second-order valence-corrected chi connectivity index (χ2v) is 7.57. The largest absolute Gasteiger partial charge is 0.325 e. The van der Waals surface area contributed by atoms with E-state index in [4.69, 9.17) is 0 Å². The first-order valence-electron chi connectivity index (χ1n) is 7.31. The molecule has 0 aliphatic carbocycles. The molecular formula is C16H15BN2O4S. The lowest BCUT2D eigenvalue weighted by Crippen LogP contribution is -2.45. The fourth-order valence-electron chi connectivity index (χ4n) is 2.64. The average molecular weight is 342 g/mol. The van der Waals surface area contributed by atoms with E-state index in [1.54, 1.807) is 24.3 Å². The molecule has 2 aromatic carbocycles. The molecule has 0 saturated carbocycles. The number of amides is 2. The molecule has 3 rings (SSSR count). The molecule has 0 aromatic heterocycles. The summed E-state index contributed by atoms with van der Waals surface area (Å²) in [4.78, 5) is 25.1. The first-order chi connectivity index (χ1) is 11.3. The van der Waals surface area contributed by atoms with Crippen LogP contribution >= 0.6 is 0 Å². The molecule has 1 atom stereocenters. The van der Waals surface area contributed by atoms with E-state index in [0.717, 1.165) is 5.46 Å². The van der Waals surface area contributed by atoms with Crippen LogP contribution in [0.5, 0.6) is 0 Å². The molecule has 1 unspecified atom stereocenters. The van der Waals surface area contributed by atoms with Crippen molar-refractivity contribution in [3.63, 3.8) is 0 Å². The minimum Gasteiger partial charge on any atom is -0.325 e. The Balaban J connectivity index is 2.02. The summed E-state index contributed by atoms with van der Waals surface area (Å²) in [5.41, 5.74) is 1.79. The van der Waals surface area contributed by atoms with Crippen LogP contribution in [-0.2, 0) is 19.6 Å². The second kappa shape index (κ2) is 5.79. The highest BCUT2D eigenvalue weighted by molar-refractivity contribution is 7.89. The molecule has 1 aliphatic heterocycles. The maximum atomic E-state index is 12.6. The zero-order valence-electron chi connectivity index (χ0n) is 13.2. The van der Waals surface area contributed by atoms with Crippen molar-refractivity contribution in [3.05, 3.63) is 54.1 Å². The van der Waals surface area contributed by atoms with Gasteiger partial charge in [0.25, 0.3) is 15.9 Å². The van der Waals surface area contributed by atoms with Crippen molar-refractivity contribution in [1.29, 1.82) is 0 Å². The second-order valence-electron chi connectivity index (χ2n) is 5.64. The summed E-state index contributed by atoms with van der Waals surface area (Å²) in [7, 11) is -0.822. The molecule has 2 aromatic rings. The Morgan fingerprint density at radius 3 is 2.42 bits per heavy atom. The molecule has 0 radical (unpaired) electrons. The topological polar surface area (TPSA) is 83.6 Å². The molecule has 0 fully saturated rings. The fourth-order valence-corrected chi connectivity index (χ4v) is 4.01. The summed E-state index contributed by atoms with van der Waals surface area (Å²) in [6.07, 6.45) is 0. The predicted octanol–water partition coefficient (Wildman–Crippen LogP) is -0.172. The van der Waals surface area contributed by atoms with Gasteiger partial charge in [0.2, 0.25) is 5.91 Å². The van der Waals surface area contributed by atoms with Gasteiger partial charge in [-0.15, -0.1) is 0 Å². The molecule has 1 N–H and O–H groups in total. The van der Waals surface area contributed by atoms with E-state index in [9.17, 15) is 18.0 Å². The Hall–Kier alpha value is -2.61. The van der Waals surface area contributed by atoms with Gasteiger partial charge in [-0.3, -0.25) is 9.59 Å². The van der Waals surface area contributed by atoms with E-state index in [1.165, 1.54) is 19.2 Å². The molecule has 122 valence electrons. The number of sulfonamides is 1. The third-order valence-corrected chi connectivity index (χ3v) is 5.84. The van der Waals surface area contributed by atoms with Crippen LogP contribution in [-0.4, -0.2) is 39.4 Å². The number of benzene rings is 2. The molecule has 0 saturated heterocycles. The van der Waals surface area contributed by atoms with Gasteiger partial charge in [-0.2, -0.15) is 0 Å². The number of fused-ring (bicyclic) bond motifs is 1. The van der Waals surface area contributed by atoms with Gasteiger partial charge in [-0.05, 0) is 23.8 Å². The van der Waals surface area contributed by atoms with Gasteiger partial charge in [-0.1, -0.05) is 35.8 Å². The normalized spacial score (nSPS) is 18.8. The Morgan fingerprint density at radius 2 is 1.75 bits per heavy atom. The molecule has 0 bridgehead atoms. The molecular weight excluding hydrogens is 327 g/mol. The number of nitrogens with one attached hydrogen (secondary N) is 1. The molecule has 1 heterocycles. The van der Waals surface area contributed by atoms with Crippen LogP contribution in [0.15, 0.2) is 53.4 Å². The lowest BCUT2D eigenvalue weighted by atomic mass is 9.95. The standard InChI is InChI=1S/C16H15BN2O4S/c1-19-16(21)14(12-4-2-3-5-13(12)24(19,22)23)15(20)18-11-8-6-10(17)7-9-11/h2-9,14H,17H2,1H3,(H,18,20). The van der Waals surface area contributed by atoms with Crippen LogP contribution < -0.4 is 10.8 Å². The Labute approximate surface area is 140 Å². The SMILES string of the molecule is Bc1ccc(NC(=O)C2C(=O)N(C)S(=O)(=O)c3ccccc32)cc1. The molecule has 24 heavy (non-hydrogen) atoms. The predicted molar refractivity (Wildman–Crippen MR) is 92.4 cm³/mol. The quantitative estimate of drug-likeness (QED) is 0.607. The van der Waals surface area contributed by atoms with Gasteiger partial charge in [0, 0.05) is 12.7 Å². The van der Waals surface area contributed by atoms with E-state index < -0.39 is 27.8 Å². The van der Waals surface area contributed by atoms with E-state index in [1.807, 2.05) is 20.0 Å². The number of anilines is 1. The molecule has 6 nitrogen and oxygen atoms in total. The number of nitrogens with zero attached hydrogens (tertiary/aromatic N) is 1. The number of hydrogen-bond donors (Lipinski definition) is 1. The lowest BCUT2D eigenvalue weighted by molar-refractivity contribution is -0.132. The van der Waals surface area contributed by atoms with Gasteiger partial charge < -0.3 is 5.32 Å². The van der Waals surface area contributed by atoms with Crippen molar-refractivity contribution < 1.29 is 18.0 Å². The van der Waals surface area contributed by atoms with Crippen molar-refractivity contribution >= 4 is 40.8 Å². The fraction of sp³-hybridized carbons (Fsp3) is 0.125. The number of carbonyl (C=O) groups excluding carboxylic acids is 2. The maximum Gasteiger partial charge on any atom is 0.266 e. The summed E-state index contributed by atoms with van der Waals surface area (Å²) in [6, 6.07) is 13.2. The monoisotopic (exact) mass is 342 g/mol. The van der Waals surface area contributed by atoms with Crippen LogP contribution in [0.4, 0.5) is 5.69 Å². The summed E-state index contributed by atoms with van der Waals surface area (Å²) < 4.78 is 25.3. The first-order valence-corrected chi connectivity index (χ1v) is 8.75. The Kier molecular flexibility index (Phi) is 3.92. The van der Waals surface area contributed by atoms with Gasteiger partial charge >= 0.3 is 0 Å². The summed E-state index contributed by atoms with van der Waals surface area (Å²) >= 11 is 0. The third-order valence-electron chi connectivity index (χ3n) is 4.01. The zero-order valence-corrected chi connectivity index (χ0v) is 14.0. The van der Waals surface area contributed by atoms with Gasteiger partial charge in [-0.25, -0.2) is 12.7 Å². The van der Waals surface area contributed by atoms with Crippen molar-refractivity contribution in [1.82, 2.24) is 4.31 Å². The van der Waals surface area contributed by atoms with E-state index in [0.29, 0.717) is 9.99 Å². The highest BCUT2D eigenvalue weighted by atomic mass is 32.2. The van der Waals surface area contributed by atoms with Gasteiger partial charge in [0.05, 0.1) is 4.90 Å². The van der Waals surface area contributed by atoms with Crippen molar-refractivity contribution in [2.24, 2.45) is 0 Å². The van der Waals surface area contributed by atoms with Crippen molar-refractivity contribution in [2.75, 3.05) is 12.4 Å². The average Bonchev–Trinajstić information content (AvgIpc) is 2.55. The Bertz CT molecular complexity index is 925. The number of likely N-dealkylation sites (N-methyl/N-ethyl adjacent to an activating group) is 1. The highest BCUT2D eigenvalue weighted by Gasteiger charge is 2.44. The van der Waals surface area contributed by atoms with Crippen LogP contribution in [0.1, 0.15) is 11.5 Å². The Morgan fingerprint density at radius 1 is 1.12 bits per heavy atom. The first kappa shape index (κ1) is 16.3. The molecule has 2 amide bonds. The zero-order chi connectivity index (χ0) is 17.5. The van der Waals surface area contributed by atoms with E-state index in [-0.39, 0.29) is 10.5 Å². The molecule has 8 heteroatoms. The highest BCUT2D eigenvalue weighted by Crippen LogP contribution is 2.34.